The van der Waals surface area contributed by atoms with E-state index in [1.165, 1.54) is 0 Å². The van der Waals surface area contributed by atoms with Crippen molar-refractivity contribution >= 4 is 5.69 Å². The Labute approximate surface area is 98.3 Å². The summed E-state index contributed by atoms with van der Waals surface area (Å²) >= 11 is 0. The number of nitrogen functional groups attached to an aromatic ring is 1. The number of rotatable bonds is 2. The van der Waals surface area contributed by atoms with E-state index in [0.717, 1.165) is 11.3 Å². The van der Waals surface area contributed by atoms with Crippen molar-refractivity contribution in [1.29, 1.82) is 10.5 Å². The van der Waals surface area contributed by atoms with E-state index < -0.39 is 0 Å². The lowest BCUT2D eigenvalue weighted by Crippen LogP contribution is -2.00. The van der Waals surface area contributed by atoms with Crippen molar-refractivity contribution in [1.82, 2.24) is 9.55 Å². The SMILES string of the molecule is N#CCc1cc(-n2ccnc2C#N)ccc1N. The molecule has 2 N–H and O–H groups in total. The number of benzene rings is 1. The fourth-order valence-corrected chi connectivity index (χ4v) is 1.57. The molecule has 1 aromatic heterocycles. The standard InChI is InChI=1S/C12H9N5/c13-4-3-9-7-10(1-2-11(9)15)17-6-5-16-12(17)8-14/h1-2,5-7H,3,15H2. The largest absolute Gasteiger partial charge is 0.398 e. The minimum atomic E-state index is 0.246. The zero-order valence-corrected chi connectivity index (χ0v) is 8.96. The Kier molecular flexibility index (Phi) is 2.76. The third kappa shape index (κ3) is 1.95. The fourth-order valence-electron chi connectivity index (χ4n) is 1.57. The summed E-state index contributed by atoms with van der Waals surface area (Å²) in [5.74, 6) is 0.303. The molecule has 0 fully saturated rings. The first-order valence-electron chi connectivity index (χ1n) is 4.95. The normalized spacial score (nSPS) is 9.53. The molecule has 2 aromatic rings. The molecule has 2 rings (SSSR count). The van der Waals surface area contributed by atoms with Gasteiger partial charge in [-0.1, -0.05) is 0 Å². The summed E-state index contributed by atoms with van der Waals surface area (Å²) in [4.78, 5) is 3.91. The molecule has 0 aliphatic heterocycles. The minimum Gasteiger partial charge on any atom is -0.398 e. The maximum atomic E-state index is 8.89. The molecule has 0 saturated carbocycles. The van der Waals surface area contributed by atoms with Crippen LogP contribution in [0, 0.1) is 22.7 Å². The van der Waals surface area contributed by atoms with Gasteiger partial charge in [0, 0.05) is 23.8 Å². The highest BCUT2D eigenvalue weighted by atomic mass is 15.1. The number of nitrogens with zero attached hydrogens (tertiary/aromatic N) is 4. The lowest BCUT2D eigenvalue weighted by Gasteiger charge is -2.07. The van der Waals surface area contributed by atoms with Crippen LogP contribution in [0.5, 0.6) is 0 Å². The minimum absolute atomic E-state index is 0.246. The zero-order chi connectivity index (χ0) is 12.3. The molecule has 0 saturated heterocycles. The number of nitriles is 2. The van der Waals surface area contributed by atoms with Crippen LogP contribution in [0.25, 0.3) is 5.69 Å². The lowest BCUT2D eigenvalue weighted by atomic mass is 10.1. The molecule has 1 heterocycles. The summed E-state index contributed by atoms with van der Waals surface area (Å²) in [7, 11) is 0. The van der Waals surface area contributed by atoms with Gasteiger partial charge in [0.15, 0.2) is 0 Å². The highest BCUT2D eigenvalue weighted by Gasteiger charge is 2.06. The molecule has 0 unspecified atom stereocenters. The average molecular weight is 223 g/mol. The van der Waals surface area contributed by atoms with E-state index in [1.807, 2.05) is 6.07 Å². The Balaban J connectivity index is 2.51. The smallest absolute Gasteiger partial charge is 0.217 e. The molecule has 0 bridgehead atoms. The number of nitrogens with two attached hydrogens (primary N) is 1. The van der Waals surface area contributed by atoms with E-state index in [9.17, 15) is 0 Å². The molecular weight excluding hydrogens is 214 g/mol. The third-order valence-corrected chi connectivity index (χ3v) is 2.41. The van der Waals surface area contributed by atoms with Crippen LogP contribution in [-0.2, 0) is 6.42 Å². The first-order chi connectivity index (χ1) is 8.26. The zero-order valence-electron chi connectivity index (χ0n) is 8.96. The summed E-state index contributed by atoms with van der Waals surface area (Å²) in [6, 6.07) is 9.36. The highest BCUT2D eigenvalue weighted by molar-refractivity contribution is 5.54. The summed E-state index contributed by atoms with van der Waals surface area (Å²) in [6.07, 6.45) is 3.50. The summed E-state index contributed by atoms with van der Waals surface area (Å²) in [6.45, 7) is 0. The topological polar surface area (TPSA) is 91.4 Å². The first kappa shape index (κ1) is 10.7. The molecule has 0 radical (unpaired) electrons. The van der Waals surface area contributed by atoms with Crippen LogP contribution >= 0.6 is 0 Å². The summed E-state index contributed by atoms with van der Waals surface area (Å²) in [5, 5.41) is 17.6. The Morgan fingerprint density at radius 2 is 2.18 bits per heavy atom. The molecule has 0 spiro atoms. The lowest BCUT2D eigenvalue weighted by molar-refractivity contribution is 1.02. The van der Waals surface area contributed by atoms with E-state index in [-0.39, 0.29) is 6.42 Å². The monoisotopic (exact) mass is 223 g/mol. The van der Waals surface area contributed by atoms with Gasteiger partial charge in [-0.2, -0.15) is 10.5 Å². The third-order valence-electron chi connectivity index (χ3n) is 2.41. The van der Waals surface area contributed by atoms with Gasteiger partial charge in [-0.15, -0.1) is 0 Å². The Bertz CT molecular complexity index is 627. The molecule has 17 heavy (non-hydrogen) atoms. The van der Waals surface area contributed by atoms with Crippen LogP contribution in [-0.4, -0.2) is 9.55 Å². The van der Waals surface area contributed by atoms with Gasteiger partial charge in [0.2, 0.25) is 5.82 Å². The molecule has 1 aromatic carbocycles. The maximum Gasteiger partial charge on any atom is 0.217 e. The molecule has 5 heteroatoms. The molecular formula is C12H9N5. The fraction of sp³-hybridized carbons (Fsp3) is 0.0833. The van der Waals surface area contributed by atoms with Crippen LogP contribution in [0.4, 0.5) is 5.69 Å². The van der Waals surface area contributed by atoms with Crippen molar-refractivity contribution in [3.8, 4) is 17.8 Å². The molecule has 0 atom stereocenters. The number of hydrogen-bond acceptors (Lipinski definition) is 4. The van der Waals surface area contributed by atoms with Crippen LogP contribution in [0.15, 0.2) is 30.6 Å². The van der Waals surface area contributed by atoms with E-state index in [0.29, 0.717) is 11.5 Å². The Hall–Kier alpha value is -2.79. The average Bonchev–Trinajstić information content (AvgIpc) is 2.80. The number of hydrogen-bond donors (Lipinski definition) is 1. The van der Waals surface area contributed by atoms with Gasteiger partial charge < -0.3 is 5.73 Å². The van der Waals surface area contributed by atoms with Crippen molar-refractivity contribution in [2.45, 2.75) is 6.42 Å². The molecule has 5 nitrogen and oxygen atoms in total. The summed E-state index contributed by atoms with van der Waals surface area (Å²) < 4.78 is 1.65. The van der Waals surface area contributed by atoms with Gasteiger partial charge in [-0.05, 0) is 23.8 Å². The van der Waals surface area contributed by atoms with E-state index in [2.05, 4.69) is 11.1 Å². The maximum absolute atomic E-state index is 8.89. The quantitative estimate of drug-likeness (QED) is 0.779. The number of anilines is 1. The van der Waals surface area contributed by atoms with Crippen molar-refractivity contribution in [2.75, 3.05) is 5.73 Å². The molecule has 0 aliphatic rings. The Morgan fingerprint density at radius 3 is 2.88 bits per heavy atom. The second-order valence-corrected chi connectivity index (χ2v) is 3.45. The second kappa shape index (κ2) is 4.38. The van der Waals surface area contributed by atoms with Gasteiger partial charge in [0.1, 0.15) is 6.07 Å². The van der Waals surface area contributed by atoms with Gasteiger partial charge in [0.25, 0.3) is 0 Å². The highest BCUT2D eigenvalue weighted by Crippen LogP contribution is 2.18. The second-order valence-electron chi connectivity index (χ2n) is 3.45. The van der Waals surface area contributed by atoms with Crippen molar-refractivity contribution in [3.63, 3.8) is 0 Å². The van der Waals surface area contributed by atoms with Gasteiger partial charge in [0.05, 0.1) is 12.5 Å². The van der Waals surface area contributed by atoms with E-state index in [1.54, 1.807) is 35.2 Å². The van der Waals surface area contributed by atoms with Crippen LogP contribution in [0.1, 0.15) is 11.4 Å². The summed E-state index contributed by atoms with van der Waals surface area (Å²) in [5.41, 5.74) is 7.86. The van der Waals surface area contributed by atoms with E-state index >= 15 is 0 Å². The predicted octanol–water partition coefficient (Wildman–Crippen LogP) is 1.39. The number of aromatic nitrogens is 2. The first-order valence-corrected chi connectivity index (χ1v) is 4.95. The van der Waals surface area contributed by atoms with Crippen LogP contribution < -0.4 is 5.73 Å². The van der Waals surface area contributed by atoms with Gasteiger partial charge in [-0.3, -0.25) is 4.57 Å². The van der Waals surface area contributed by atoms with Crippen molar-refractivity contribution < 1.29 is 0 Å². The predicted molar refractivity (Wildman–Crippen MR) is 62.0 cm³/mol. The Morgan fingerprint density at radius 1 is 1.35 bits per heavy atom. The van der Waals surface area contributed by atoms with Crippen molar-refractivity contribution in [3.05, 3.63) is 42.0 Å². The van der Waals surface area contributed by atoms with Gasteiger partial charge in [-0.25, -0.2) is 4.98 Å². The molecule has 0 aliphatic carbocycles. The van der Waals surface area contributed by atoms with Gasteiger partial charge >= 0.3 is 0 Å². The van der Waals surface area contributed by atoms with Crippen LogP contribution in [0.2, 0.25) is 0 Å². The van der Waals surface area contributed by atoms with Crippen LogP contribution in [0.3, 0.4) is 0 Å². The molecule has 82 valence electrons. The number of imidazole rings is 1. The molecule has 0 amide bonds. The van der Waals surface area contributed by atoms with E-state index in [4.69, 9.17) is 16.3 Å². The van der Waals surface area contributed by atoms with Crippen molar-refractivity contribution in [2.24, 2.45) is 0 Å².